The summed E-state index contributed by atoms with van der Waals surface area (Å²) in [6, 6.07) is 42.8. The molecular weight excluding hydrogens is 460 g/mol. The van der Waals surface area contributed by atoms with Gasteiger partial charge in [-0.25, -0.2) is 0 Å². The molecular formula is C36H28N2. The molecule has 0 amide bonds. The molecule has 0 atom stereocenters. The van der Waals surface area contributed by atoms with E-state index in [1.54, 1.807) is 0 Å². The van der Waals surface area contributed by atoms with Crippen LogP contribution < -0.4 is 0 Å². The highest BCUT2D eigenvalue weighted by Crippen LogP contribution is 2.42. The van der Waals surface area contributed by atoms with Crippen LogP contribution in [0, 0.1) is 13.8 Å². The predicted molar refractivity (Wildman–Crippen MR) is 159 cm³/mol. The summed E-state index contributed by atoms with van der Waals surface area (Å²) in [5, 5.41) is 0. The van der Waals surface area contributed by atoms with Gasteiger partial charge in [0.05, 0.1) is 11.4 Å². The van der Waals surface area contributed by atoms with Gasteiger partial charge in [-0.1, -0.05) is 97.1 Å². The van der Waals surface area contributed by atoms with E-state index < -0.39 is 0 Å². The lowest BCUT2D eigenvalue weighted by atomic mass is 9.87. The Bertz CT molecular complexity index is 1590. The number of nitrogens with zero attached hydrogens (tertiary/aromatic N) is 2. The number of pyridine rings is 2. The zero-order chi connectivity index (χ0) is 25.9. The second-order valence-electron chi connectivity index (χ2n) is 9.59. The fraction of sp³-hybridized carbons (Fsp3) is 0.0556. The minimum absolute atomic E-state index is 0.996. The van der Waals surface area contributed by atoms with Crippen molar-refractivity contribution < 1.29 is 0 Å². The van der Waals surface area contributed by atoms with Crippen LogP contribution in [-0.2, 0) is 0 Å². The van der Waals surface area contributed by atoms with Crippen LogP contribution in [0.5, 0.6) is 0 Å². The average molecular weight is 489 g/mol. The molecule has 0 bridgehead atoms. The van der Waals surface area contributed by atoms with E-state index >= 15 is 0 Å². The molecule has 182 valence electrons. The van der Waals surface area contributed by atoms with Gasteiger partial charge < -0.3 is 0 Å². The normalized spacial score (nSPS) is 10.9. The van der Waals surface area contributed by atoms with Gasteiger partial charge in [0.15, 0.2) is 0 Å². The van der Waals surface area contributed by atoms with E-state index in [1.165, 1.54) is 22.3 Å². The quantitative estimate of drug-likeness (QED) is 0.241. The maximum atomic E-state index is 4.84. The first kappa shape index (κ1) is 23.6. The van der Waals surface area contributed by atoms with Crippen molar-refractivity contribution in [2.45, 2.75) is 13.8 Å². The molecule has 0 aliphatic heterocycles. The van der Waals surface area contributed by atoms with Crippen molar-refractivity contribution in [1.82, 2.24) is 9.97 Å². The van der Waals surface area contributed by atoms with Crippen molar-refractivity contribution >= 4 is 0 Å². The number of aromatic nitrogens is 2. The second kappa shape index (κ2) is 10.3. The molecule has 2 nitrogen and oxygen atoms in total. The van der Waals surface area contributed by atoms with E-state index in [2.05, 4.69) is 123 Å². The third-order valence-electron chi connectivity index (χ3n) is 7.07. The minimum atomic E-state index is 0.996. The SMILES string of the molecule is Cc1cccnc1-c1cc(-c2ccccc2)ccc1-c1ccc(-c2ccccc2)cc1-c1ncccc1C. The van der Waals surface area contributed by atoms with Gasteiger partial charge in [-0.3, -0.25) is 9.97 Å². The fourth-order valence-electron chi connectivity index (χ4n) is 5.11. The van der Waals surface area contributed by atoms with E-state index in [1.807, 2.05) is 24.5 Å². The molecule has 0 aliphatic carbocycles. The lowest BCUT2D eigenvalue weighted by Crippen LogP contribution is -1.96. The molecule has 2 heteroatoms. The van der Waals surface area contributed by atoms with Crippen LogP contribution in [0.25, 0.3) is 55.9 Å². The molecule has 0 saturated carbocycles. The van der Waals surface area contributed by atoms with Crippen molar-refractivity contribution in [3.05, 3.63) is 145 Å². The van der Waals surface area contributed by atoms with Crippen molar-refractivity contribution in [2.75, 3.05) is 0 Å². The Kier molecular flexibility index (Phi) is 6.37. The fourth-order valence-corrected chi connectivity index (χ4v) is 5.11. The Hall–Kier alpha value is -4.82. The maximum Gasteiger partial charge on any atom is 0.0737 e. The van der Waals surface area contributed by atoms with Gasteiger partial charge in [0.2, 0.25) is 0 Å². The summed E-state index contributed by atoms with van der Waals surface area (Å²) in [5.74, 6) is 0. The summed E-state index contributed by atoms with van der Waals surface area (Å²) in [6.07, 6.45) is 3.76. The second-order valence-corrected chi connectivity index (χ2v) is 9.59. The molecule has 6 rings (SSSR count). The smallest absolute Gasteiger partial charge is 0.0737 e. The average Bonchev–Trinajstić information content (AvgIpc) is 2.98. The molecule has 0 spiro atoms. The highest BCUT2D eigenvalue weighted by Gasteiger charge is 2.18. The van der Waals surface area contributed by atoms with E-state index in [-0.39, 0.29) is 0 Å². The summed E-state index contributed by atoms with van der Waals surface area (Å²) in [6.45, 7) is 4.26. The van der Waals surface area contributed by atoms with E-state index in [4.69, 9.17) is 9.97 Å². The van der Waals surface area contributed by atoms with Gasteiger partial charge in [0.1, 0.15) is 0 Å². The van der Waals surface area contributed by atoms with E-state index in [9.17, 15) is 0 Å². The number of hydrogen-bond acceptors (Lipinski definition) is 2. The number of aryl methyl sites for hydroxylation is 2. The van der Waals surface area contributed by atoms with E-state index in [0.29, 0.717) is 0 Å². The number of benzene rings is 4. The van der Waals surface area contributed by atoms with Gasteiger partial charge in [-0.2, -0.15) is 0 Å². The van der Waals surface area contributed by atoms with Crippen LogP contribution in [0.15, 0.2) is 134 Å². The van der Waals surface area contributed by atoms with Gasteiger partial charge in [-0.05, 0) is 82.6 Å². The van der Waals surface area contributed by atoms with Crippen LogP contribution in [0.2, 0.25) is 0 Å². The van der Waals surface area contributed by atoms with Crippen molar-refractivity contribution in [3.63, 3.8) is 0 Å². The summed E-state index contributed by atoms with van der Waals surface area (Å²) < 4.78 is 0. The number of hydrogen-bond donors (Lipinski definition) is 0. The molecule has 6 aromatic rings. The molecule has 2 heterocycles. The van der Waals surface area contributed by atoms with Crippen molar-refractivity contribution in [2.24, 2.45) is 0 Å². The first-order valence-corrected chi connectivity index (χ1v) is 12.9. The first-order valence-electron chi connectivity index (χ1n) is 12.9. The van der Waals surface area contributed by atoms with Crippen LogP contribution >= 0.6 is 0 Å². The zero-order valence-electron chi connectivity index (χ0n) is 21.6. The molecule has 0 saturated heterocycles. The highest BCUT2D eigenvalue weighted by atomic mass is 14.7. The summed E-state index contributed by atoms with van der Waals surface area (Å²) in [4.78, 5) is 9.68. The van der Waals surface area contributed by atoms with Crippen molar-refractivity contribution in [1.29, 1.82) is 0 Å². The standard InChI is InChI=1S/C36H28N2/c1-25-11-9-21-37-35(25)33-23-29(27-13-5-3-6-14-27)17-19-31(33)32-20-18-30(28-15-7-4-8-16-28)24-34(32)36-26(2)12-10-22-38-36/h3-24H,1-2H3. The Balaban J connectivity index is 1.63. The Morgan fingerprint density at radius 1 is 0.368 bits per heavy atom. The van der Waals surface area contributed by atoms with Crippen LogP contribution in [0.1, 0.15) is 11.1 Å². The third-order valence-corrected chi connectivity index (χ3v) is 7.07. The van der Waals surface area contributed by atoms with E-state index in [0.717, 1.165) is 44.8 Å². The molecule has 0 N–H and O–H groups in total. The van der Waals surface area contributed by atoms with Crippen molar-refractivity contribution in [3.8, 4) is 55.9 Å². The molecule has 0 fully saturated rings. The third kappa shape index (κ3) is 4.53. The molecule has 0 radical (unpaired) electrons. The summed E-state index contributed by atoms with van der Waals surface area (Å²) in [7, 11) is 0. The molecule has 38 heavy (non-hydrogen) atoms. The molecule has 0 unspecified atom stereocenters. The Labute approximate surface area is 224 Å². The van der Waals surface area contributed by atoms with Gasteiger partial charge in [0, 0.05) is 23.5 Å². The summed E-state index contributed by atoms with van der Waals surface area (Å²) in [5.41, 5.74) is 13.5. The maximum absolute atomic E-state index is 4.84. The Morgan fingerprint density at radius 3 is 1.18 bits per heavy atom. The molecule has 0 aliphatic rings. The van der Waals surface area contributed by atoms with Gasteiger partial charge in [-0.15, -0.1) is 0 Å². The summed E-state index contributed by atoms with van der Waals surface area (Å²) >= 11 is 0. The topological polar surface area (TPSA) is 25.8 Å². The molecule has 2 aromatic heterocycles. The van der Waals surface area contributed by atoms with Crippen LogP contribution in [-0.4, -0.2) is 9.97 Å². The highest BCUT2D eigenvalue weighted by molar-refractivity contribution is 5.94. The predicted octanol–water partition coefficient (Wildman–Crippen LogP) is 9.43. The van der Waals surface area contributed by atoms with Gasteiger partial charge in [0.25, 0.3) is 0 Å². The zero-order valence-corrected chi connectivity index (χ0v) is 21.6. The number of rotatable bonds is 5. The Morgan fingerprint density at radius 2 is 0.789 bits per heavy atom. The van der Waals surface area contributed by atoms with Gasteiger partial charge >= 0.3 is 0 Å². The minimum Gasteiger partial charge on any atom is -0.256 e. The monoisotopic (exact) mass is 488 g/mol. The van der Waals surface area contributed by atoms with Crippen LogP contribution in [0.4, 0.5) is 0 Å². The lowest BCUT2D eigenvalue weighted by molar-refractivity contribution is 1.26. The first-order chi connectivity index (χ1) is 18.7. The lowest BCUT2D eigenvalue weighted by Gasteiger charge is -2.18. The molecule has 4 aromatic carbocycles. The van der Waals surface area contributed by atoms with Crippen LogP contribution in [0.3, 0.4) is 0 Å². The largest absolute Gasteiger partial charge is 0.256 e.